The molecule has 0 aromatic heterocycles. The van der Waals surface area contributed by atoms with Gasteiger partial charge < -0.3 is 9.47 Å². The van der Waals surface area contributed by atoms with Gasteiger partial charge in [-0.05, 0) is 36.6 Å². The highest BCUT2D eigenvalue weighted by Crippen LogP contribution is 2.49. The van der Waals surface area contributed by atoms with Crippen molar-refractivity contribution in [2.24, 2.45) is 0 Å². The minimum absolute atomic E-state index is 0.115. The minimum atomic E-state index is -4.51. The van der Waals surface area contributed by atoms with Crippen LogP contribution in [0.4, 0.5) is 13.2 Å². The number of methoxy groups -OCH3 is 2. The number of alkyl halides is 3. The molecule has 0 unspecified atom stereocenters. The molecule has 1 aliphatic carbocycles. The smallest absolute Gasteiger partial charge is 0.416 e. The number of carbonyl (C=O) groups excluding carboxylic acids is 1. The molecular weight excluding hydrogens is 261 g/mol. The first-order valence-corrected chi connectivity index (χ1v) is 5.68. The van der Waals surface area contributed by atoms with E-state index in [0.29, 0.717) is 18.4 Å². The first-order valence-electron chi connectivity index (χ1n) is 5.68. The van der Waals surface area contributed by atoms with Crippen molar-refractivity contribution < 1.29 is 27.4 Å². The van der Waals surface area contributed by atoms with E-state index in [1.165, 1.54) is 13.2 Å². The lowest BCUT2D eigenvalue weighted by atomic mass is 10.00. The van der Waals surface area contributed by atoms with E-state index in [1.807, 2.05) is 0 Å². The molecule has 0 amide bonds. The Hall–Kier alpha value is -1.56. The molecule has 0 radical (unpaired) electrons. The van der Waals surface area contributed by atoms with Gasteiger partial charge in [-0.25, -0.2) is 4.79 Å². The zero-order chi connectivity index (χ0) is 14.3. The van der Waals surface area contributed by atoms with Crippen molar-refractivity contribution >= 4 is 5.97 Å². The highest BCUT2D eigenvalue weighted by Gasteiger charge is 2.46. The molecule has 0 saturated heterocycles. The zero-order valence-corrected chi connectivity index (χ0v) is 10.5. The van der Waals surface area contributed by atoms with E-state index >= 15 is 0 Å². The summed E-state index contributed by atoms with van der Waals surface area (Å²) >= 11 is 0. The summed E-state index contributed by atoms with van der Waals surface area (Å²) in [7, 11) is 2.58. The predicted molar refractivity (Wildman–Crippen MR) is 60.7 cm³/mol. The van der Waals surface area contributed by atoms with E-state index < -0.39 is 23.3 Å². The van der Waals surface area contributed by atoms with Gasteiger partial charge in [-0.2, -0.15) is 13.2 Å². The topological polar surface area (TPSA) is 35.5 Å². The number of halogens is 3. The van der Waals surface area contributed by atoms with Crippen molar-refractivity contribution in [3.8, 4) is 0 Å². The Morgan fingerprint density at radius 2 is 1.84 bits per heavy atom. The average Bonchev–Trinajstić information content (AvgIpc) is 3.17. The third-order valence-electron chi connectivity index (χ3n) is 3.30. The van der Waals surface area contributed by atoms with Gasteiger partial charge in [-0.15, -0.1) is 0 Å². The van der Waals surface area contributed by atoms with Crippen LogP contribution in [0.5, 0.6) is 0 Å². The average molecular weight is 274 g/mol. The Labute approximate surface area is 108 Å². The molecule has 0 N–H and O–H groups in total. The van der Waals surface area contributed by atoms with Crippen molar-refractivity contribution in [3.63, 3.8) is 0 Å². The van der Waals surface area contributed by atoms with Crippen LogP contribution in [0.15, 0.2) is 18.2 Å². The molecule has 104 valence electrons. The molecule has 6 heteroatoms. The summed E-state index contributed by atoms with van der Waals surface area (Å²) in [6.45, 7) is 0. The summed E-state index contributed by atoms with van der Waals surface area (Å²) in [5, 5.41) is 0. The largest absolute Gasteiger partial charge is 0.465 e. The second-order valence-electron chi connectivity index (χ2n) is 4.49. The van der Waals surface area contributed by atoms with Crippen LogP contribution in [0.1, 0.15) is 34.3 Å². The molecule has 0 atom stereocenters. The van der Waals surface area contributed by atoms with Crippen molar-refractivity contribution in [1.29, 1.82) is 0 Å². The summed E-state index contributed by atoms with van der Waals surface area (Å²) < 4.78 is 48.2. The van der Waals surface area contributed by atoms with Gasteiger partial charge in [-0.1, -0.05) is 0 Å². The molecule has 19 heavy (non-hydrogen) atoms. The van der Waals surface area contributed by atoms with E-state index in [4.69, 9.17) is 4.74 Å². The van der Waals surface area contributed by atoms with Gasteiger partial charge in [-0.3, -0.25) is 0 Å². The molecule has 1 aromatic rings. The lowest BCUT2D eigenvalue weighted by Crippen LogP contribution is -2.15. The van der Waals surface area contributed by atoms with Gasteiger partial charge in [0.2, 0.25) is 0 Å². The maximum Gasteiger partial charge on any atom is 0.416 e. The zero-order valence-electron chi connectivity index (χ0n) is 10.5. The molecule has 3 nitrogen and oxygen atoms in total. The number of benzene rings is 1. The van der Waals surface area contributed by atoms with Gasteiger partial charge in [0, 0.05) is 7.11 Å². The second kappa shape index (κ2) is 4.52. The lowest BCUT2D eigenvalue weighted by molar-refractivity contribution is -0.137. The molecule has 0 aliphatic heterocycles. The van der Waals surface area contributed by atoms with E-state index in [-0.39, 0.29) is 5.56 Å². The standard InChI is InChI=1S/C13H13F3O3/c1-18-11(17)8-5-9(12(19-2)3-4-12)7-10(6-8)13(14,15)16/h5-7H,3-4H2,1-2H3. The quantitative estimate of drug-likeness (QED) is 0.794. The molecule has 1 aliphatic rings. The van der Waals surface area contributed by atoms with Crippen molar-refractivity contribution in [1.82, 2.24) is 0 Å². The first kappa shape index (κ1) is 13.9. The van der Waals surface area contributed by atoms with Gasteiger partial charge in [0.1, 0.15) is 0 Å². The molecule has 1 aromatic carbocycles. The van der Waals surface area contributed by atoms with Crippen LogP contribution in [0.25, 0.3) is 0 Å². The highest BCUT2D eigenvalue weighted by atomic mass is 19.4. The third kappa shape index (κ3) is 2.58. The molecule has 1 fully saturated rings. The Morgan fingerprint density at radius 1 is 1.21 bits per heavy atom. The van der Waals surface area contributed by atoms with E-state index in [1.54, 1.807) is 0 Å². The van der Waals surface area contributed by atoms with E-state index in [9.17, 15) is 18.0 Å². The maximum atomic E-state index is 12.8. The summed E-state index contributed by atoms with van der Waals surface area (Å²) in [6, 6.07) is 3.22. The van der Waals surface area contributed by atoms with Crippen molar-refractivity contribution in [2.45, 2.75) is 24.6 Å². The summed E-state index contributed by atoms with van der Waals surface area (Å²) in [5.74, 6) is -0.792. The summed E-state index contributed by atoms with van der Waals surface area (Å²) in [5.41, 5.74) is -1.31. The summed E-state index contributed by atoms with van der Waals surface area (Å²) in [6.07, 6.45) is -3.22. The molecule has 0 heterocycles. The molecule has 2 rings (SSSR count). The molecule has 0 spiro atoms. The summed E-state index contributed by atoms with van der Waals surface area (Å²) in [4.78, 5) is 11.5. The van der Waals surface area contributed by atoms with E-state index in [0.717, 1.165) is 19.2 Å². The number of ether oxygens (including phenoxy) is 2. The number of hydrogen-bond acceptors (Lipinski definition) is 3. The minimum Gasteiger partial charge on any atom is -0.465 e. The van der Waals surface area contributed by atoms with Gasteiger partial charge in [0.15, 0.2) is 0 Å². The van der Waals surface area contributed by atoms with Gasteiger partial charge in [0.25, 0.3) is 0 Å². The van der Waals surface area contributed by atoms with Crippen LogP contribution in [0, 0.1) is 0 Å². The number of carbonyl (C=O) groups is 1. The van der Waals surface area contributed by atoms with E-state index in [2.05, 4.69) is 4.74 Å². The Morgan fingerprint density at radius 3 is 2.26 bits per heavy atom. The number of rotatable bonds is 3. The monoisotopic (exact) mass is 274 g/mol. The number of esters is 1. The Balaban J connectivity index is 2.53. The van der Waals surface area contributed by atoms with Crippen LogP contribution in [0.3, 0.4) is 0 Å². The Bertz CT molecular complexity index is 504. The third-order valence-corrected chi connectivity index (χ3v) is 3.30. The normalized spacial score (nSPS) is 17.1. The number of hydrogen-bond donors (Lipinski definition) is 0. The SMILES string of the molecule is COC(=O)c1cc(C(F)(F)F)cc(C2(OC)CC2)c1. The fourth-order valence-electron chi connectivity index (χ4n) is 2.01. The fourth-order valence-corrected chi connectivity index (χ4v) is 2.01. The van der Waals surface area contributed by atoms with Crippen LogP contribution in [-0.2, 0) is 21.3 Å². The first-order chi connectivity index (χ1) is 8.82. The molecule has 1 saturated carbocycles. The predicted octanol–water partition coefficient (Wildman–Crippen LogP) is 3.13. The lowest BCUT2D eigenvalue weighted by Gasteiger charge is -2.17. The van der Waals surface area contributed by atoms with Crippen molar-refractivity contribution in [3.05, 3.63) is 34.9 Å². The van der Waals surface area contributed by atoms with Crippen LogP contribution >= 0.6 is 0 Å². The second-order valence-corrected chi connectivity index (χ2v) is 4.49. The van der Waals surface area contributed by atoms with Crippen LogP contribution in [0.2, 0.25) is 0 Å². The fraction of sp³-hybridized carbons (Fsp3) is 0.462. The maximum absolute atomic E-state index is 12.8. The van der Waals surface area contributed by atoms with Gasteiger partial charge >= 0.3 is 12.1 Å². The van der Waals surface area contributed by atoms with Crippen molar-refractivity contribution in [2.75, 3.05) is 14.2 Å². The van der Waals surface area contributed by atoms with Crippen LogP contribution in [-0.4, -0.2) is 20.2 Å². The molecule has 0 bridgehead atoms. The van der Waals surface area contributed by atoms with Crippen LogP contribution < -0.4 is 0 Å². The highest BCUT2D eigenvalue weighted by molar-refractivity contribution is 5.89. The molecular formula is C13H13F3O3. The Kier molecular flexibility index (Phi) is 3.30. The van der Waals surface area contributed by atoms with Gasteiger partial charge in [0.05, 0.1) is 23.8 Å².